The van der Waals surface area contributed by atoms with Crippen molar-refractivity contribution in [2.75, 3.05) is 13.2 Å². The van der Waals surface area contributed by atoms with Crippen molar-refractivity contribution in [1.82, 2.24) is 0 Å². The Bertz CT molecular complexity index is 447. The van der Waals surface area contributed by atoms with Crippen molar-refractivity contribution in [3.05, 3.63) is 28.1 Å². The standard InChI is InChI=1S/C12H14O5S/c1-3-16-11(14)9(8-6-5-7-18-8)10(13)12(15)17-4-2/h5-7,13H,3-4H2,1-2H3/b10-9+. The second-order valence-corrected chi connectivity index (χ2v) is 4.09. The van der Waals surface area contributed by atoms with E-state index in [1.54, 1.807) is 31.4 Å². The summed E-state index contributed by atoms with van der Waals surface area (Å²) in [4.78, 5) is 23.7. The number of esters is 2. The summed E-state index contributed by atoms with van der Waals surface area (Å²) in [5.74, 6) is -2.41. The molecule has 0 bridgehead atoms. The Labute approximate surface area is 109 Å². The molecule has 0 saturated heterocycles. The molecule has 18 heavy (non-hydrogen) atoms. The molecule has 0 spiro atoms. The minimum Gasteiger partial charge on any atom is -0.501 e. The fraction of sp³-hybridized carbons (Fsp3) is 0.333. The van der Waals surface area contributed by atoms with Crippen LogP contribution in [-0.2, 0) is 19.1 Å². The Hall–Kier alpha value is -1.82. The van der Waals surface area contributed by atoms with Crippen molar-refractivity contribution in [3.63, 3.8) is 0 Å². The molecule has 0 aliphatic heterocycles. The van der Waals surface area contributed by atoms with Gasteiger partial charge in [0.05, 0.1) is 13.2 Å². The summed E-state index contributed by atoms with van der Waals surface area (Å²) < 4.78 is 9.48. The molecule has 0 aromatic carbocycles. The zero-order valence-electron chi connectivity index (χ0n) is 10.1. The zero-order valence-corrected chi connectivity index (χ0v) is 11.0. The van der Waals surface area contributed by atoms with Crippen LogP contribution in [0.5, 0.6) is 0 Å². The fourth-order valence-electron chi connectivity index (χ4n) is 1.24. The lowest BCUT2D eigenvalue weighted by molar-refractivity contribution is -0.142. The van der Waals surface area contributed by atoms with Crippen LogP contribution >= 0.6 is 11.3 Å². The highest BCUT2D eigenvalue weighted by Gasteiger charge is 2.25. The smallest absolute Gasteiger partial charge is 0.374 e. The number of ether oxygens (including phenoxy) is 2. The summed E-state index contributed by atoms with van der Waals surface area (Å²) in [7, 11) is 0. The van der Waals surface area contributed by atoms with Crippen molar-refractivity contribution in [3.8, 4) is 0 Å². The molecule has 1 aromatic heterocycles. The topological polar surface area (TPSA) is 72.8 Å². The molecule has 0 radical (unpaired) electrons. The first kappa shape index (κ1) is 14.2. The second-order valence-electron chi connectivity index (χ2n) is 3.14. The van der Waals surface area contributed by atoms with E-state index in [4.69, 9.17) is 4.74 Å². The van der Waals surface area contributed by atoms with Gasteiger partial charge in [-0.15, -0.1) is 11.3 Å². The number of thiophene rings is 1. The minimum atomic E-state index is -0.936. The summed E-state index contributed by atoms with van der Waals surface area (Å²) in [5, 5.41) is 11.5. The number of rotatable bonds is 5. The fourth-order valence-corrected chi connectivity index (χ4v) is 2.00. The molecule has 0 aliphatic rings. The number of hydrogen-bond acceptors (Lipinski definition) is 6. The lowest BCUT2D eigenvalue weighted by Crippen LogP contribution is -2.15. The predicted octanol–water partition coefficient (Wildman–Crippen LogP) is 2.14. The zero-order chi connectivity index (χ0) is 13.5. The minimum absolute atomic E-state index is 0.115. The lowest BCUT2D eigenvalue weighted by atomic mass is 10.2. The Morgan fingerprint density at radius 3 is 2.33 bits per heavy atom. The van der Waals surface area contributed by atoms with E-state index < -0.39 is 17.7 Å². The summed E-state index contributed by atoms with van der Waals surface area (Å²) >= 11 is 1.22. The predicted molar refractivity (Wildman–Crippen MR) is 67.1 cm³/mol. The molecule has 0 atom stereocenters. The molecule has 98 valence electrons. The monoisotopic (exact) mass is 270 g/mol. The van der Waals surface area contributed by atoms with Crippen LogP contribution in [0, 0.1) is 0 Å². The third kappa shape index (κ3) is 3.33. The summed E-state index contributed by atoms with van der Waals surface area (Å²) in [6, 6.07) is 3.32. The van der Waals surface area contributed by atoms with Gasteiger partial charge in [0.15, 0.2) is 0 Å². The average molecular weight is 270 g/mol. The molecule has 0 aliphatic carbocycles. The van der Waals surface area contributed by atoms with Crippen LogP contribution in [0.25, 0.3) is 5.57 Å². The van der Waals surface area contributed by atoms with Gasteiger partial charge in [-0.3, -0.25) is 0 Å². The highest BCUT2D eigenvalue weighted by molar-refractivity contribution is 7.11. The van der Waals surface area contributed by atoms with E-state index in [2.05, 4.69) is 4.74 Å². The first-order chi connectivity index (χ1) is 8.61. The maximum absolute atomic E-state index is 11.8. The van der Waals surface area contributed by atoms with Gasteiger partial charge in [-0.2, -0.15) is 0 Å². The maximum atomic E-state index is 11.8. The first-order valence-electron chi connectivity index (χ1n) is 5.43. The van der Waals surface area contributed by atoms with Gasteiger partial charge in [-0.05, 0) is 25.3 Å². The van der Waals surface area contributed by atoms with E-state index in [1.807, 2.05) is 0 Å². The van der Waals surface area contributed by atoms with Crippen molar-refractivity contribution < 1.29 is 24.2 Å². The van der Waals surface area contributed by atoms with Crippen molar-refractivity contribution >= 4 is 28.8 Å². The summed E-state index contributed by atoms with van der Waals surface area (Å²) in [6.45, 7) is 3.53. The average Bonchev–Trinajstić information content (AvgIpc) is 2.83. The van der Waals surface area contributed by atoms with Gasteiger partial charge in [-0.25, -0.2) is 9.59 Å². The Morgan fingerprint density at radius 2 is 1.83 bits per heavy atom. The number of carbonyl (C=O) groups excluding carboxylic acids is 2. The number of aliphatic hydroxyl groups is 1. The molecule has 1 N–H and O–H groups in total. The van der Waals surface area contributed by atoms with Crippen LogP contribution in [0.4, 0.5) is 0 Å². The summed E-state index contributed by atoms with van der Waals surface area (Å²) in [5.41, 5.74) is -0.162. The van der Waals surface area contributed by atoms with Gasteiger partial charge in [0.1, 0.15) is 5.57 Å². The van der Waals surface area contributed by atoms with Crippen LogP contribution < -0.4 is 0 Å². The second kappa shape index (κ2) is 6.80. The molecular formula is C12H14O5S. The van der Waals surface area contributed by atoms with Crippen LogP contribution in [0.15, 0.2) is 23.3 Å². The van der Waals surface area contributed by atoms with Crippen LogP contribution in [0.1, 0.15) is 18.7 Å². The van der Waals surface area contributed by atoms with E-state index in [0.717, 1.165) is 0 Å². The van der Waals surface area contributed by atoms with Crippen molar-refractivity contribution in [2.45, 2.75) is 13.8 Å². The van der Waals surface area contributed by atoms with Gasteiger partial charge in [0, 0.05) is 4.88 Å². The van der Waals surface area contributed by atoms with Gasteiger partial charge >= 0.3 is 11.9 Å². The summed E-state index contributed by atoms with van der Waals surface area (Å²) in [6.07, 6.45) is 0. The van der Waals surface area contributed by atoms with Crippen LogP contribution in [-0.4, -0.2) is 30.3 Å². The molecule has 1 aromatic rings. The molecular weight excluding hydrogens is 256 g/mol. The molecule has 0 unspecified atom stereocenters. The SMILES string of the molecule is CCOC(=O)/C(O)=C(\C(=O)OCC)c1cccs1. The highest BCUT2D eigenvalue weighted by Crippen LogP contribution is 2.24. The third-order valence-electron chi connectivity index (χ3n) is 1.95. The number of aliphatic hydroxyl groups excluding tert-OH is 1. The van der Waals surface area contributed by atoms with Crippen molar-refractivity contribution in [2.24, 2.45) is 0 Å². The molecule has 1 heterocycles. The Kier molecular flexibility index (Phi) is 5.38. The Balaban J connectivity index is 3.15. The van der Waals surface area contributed by atoms with Gasteiger partial charge < -0.3 is 14.6 Å². The van der Waals surface area contributed by atoms with Gasteiger partial charge in [-0.1, -0.05) is 6.07 Å². The molecule has 5 nitrogen and oxygen atoms in total. The molecule has 0 amide bonds. The molecule has 0 fully saturated rings. The molecule has 0 saturated carbocycles. The van der Waals surface area contributed by atoms with Crippen LogP contribution in [0.2, 0.25) is 0 Å². The first-order valence-corrected chi connectivity index (χ1v) is 6.31. The third-order valence-corrected chi connectivity index (χ3v) is 2.84. The lowest BCUT2D eigenvalue weighted by Gasteiger charge is -2.07. The molecule has 6 heteroatoms. The van der Waals surface area contributed by atoms with E-state index in [9.17, 15) is 14.7 Å². The van der Waals surface area contributed by atoms with Gasteiger partial charge in [0.25, 0.3) is 0 Å². The Morgan fingerprint density at radius 1 is 1.22 bits per heavy atom. The van der Waals surface area contributed by atoms with Gasteiger partial charge in [0.2, 0.25) is 5.76 Å². The quantitative estimate of drug-likeness (QED) is 0.504. The van der Waals surface area contributed by atoms with E-state index >= 15 is 0 Å². The largest absolute Gasteiger partial charge is 0.501 e. The van der Waals surface area contributed by atoms with E-state index in [-0.39, 0.29) is 18.8 Å². The normalized spacial score (nSPS) is 11.7. The van der Waals surface area contributed by atoms with E-state index in [0.29, 0.717) is 4.88 Å². The maximum Gasteiger partial charge on any atom is 0.374 e. The number of carbonyl (C=O) groups is 2. The number of hydrogen-bond donors (Lipinski definition) is 1. The van der Waals surface area contributed by atoms with Crippen LogP contribution in [0.3, 0.4) is 0 Å². The van der Waals surface area contributed by atoms with Crippen molar-refractivity contribution in [1.29, 1.82) is 0 Å². The van der Waals surface area contributed by atoms with E-state index in [1.165, 1.54) is 11.3 Å². The highest BCUT2D eigenvalue weighted by atomic mass is 32.1. The molecule has 1 rings (SSSR count).